The first-order valence-electron chi connectivity index (χ1n) is 7.07. The van der Waals surface area contributed by atoms with Gasteiger partial charge in [-0.1, -0.05) is 20.8 Å². The summed E-state index contributed by atoms with van der Waals surface area (Å²) in [5.41, 5.74) is 5.19. The monoisotopic (exact) mass is 281 g/mol. The SMILES string of the molecule is CC(C)(C)CC(=O)N1CN(C2CC2)C(=O)CC1C(N)=O. The zero-order chi connectivity index (χ0) is 15.1. The fraction of sp³-hybridized carbons (Fsp3) is 0.786. The number of nitrogens with two attached hydrogens (primary N) is 1. The van der Waals surface area contributed by atoms with Gasteiger partial charge in [-0.25, -0.2) is 0 Å². The highest BCUT2D eigenvalue weighted by Crippen LogP contribution is 2.31. The van der Waals surface area contributed by atoms with Gasteiger partial charge in [-0.15, -0.1) is 0 Å². The first-order chi connectivity index (χ1) is 9.19. The maximum absolute atomic E-state index is 12.4. The number of rotatable bonds is 3. The highest BCUT2D eigenvalue weighted by Gasteiger charge is 2.43. The van der Waals surface area contributed by atoms with E-state index in [0.717, 1.165) is 12.8 Å². The van der Waals surface area contributed by atoms with Gasteiger partial charge in [0, 0.05) is 12.5 Å². The van der Waals surface area contributed by atoms with Gasteiger partial charge in [0.05, 0.1) is 13.1 Å². The van der Waals surface area contributed by atoms with Crippen molar-refractivity contribution in [3.63, 3.8) is 0 Å². The standard InChI is InChI=1S/C14H23N3O3/c1-14(2,3)7-12(19)17-8-16(9-4-5-9)11(18)6-10(17)13(15)20/h9-10H,4-8H2,1-3H3,(H2,15,20). The van der Waals surface area contributed by atoms with Gasteiger partial charge in [-0.2, -0.15) is 0 Å². The number of carbonyl (C=O) groups excluding carboxylic acids is 3. The molecule has 2 fully saturated rings. The Morgan fingerprint density at radius 1 is 1.30 bits per heavy atom. The van der Waals surface area contributed by atoms with Crippen molar-refractivity contribution < 1.29 is 14.4 Å². The van der Waals surface area contributed by atoms with E-state index in [2.05, 4.69) is 0 Å². The highest BCUT2D eigenvalue weighted by molar-refractivity contribution is 5.93. The summed E-state index contributed by atoms with van der Waals surface area (Å²) in [4.78, 5) is 39.1. The molecular formula is C14H23N3O3. The van der Waals surface area contributed by atoms with Crippen molar-refractivity contribution in [1.29, 1.82) is 0 Å². The van der Waals surface area contributed by atoms with Gasteiger partial charge in [-0.05, 0) is 18.3 Å². The Labute approximate surface area is 119 Å². The van der Waals surface area contributed by atoms with Crippen LogP contribution in [0.3, 0.4) is 0 Å². The number of carbonyl (C=O) groups is 3. The van der Waals surface area contributed by atoms with Gasteiger partial charge in [0.1, 0.15) is 6.04 Å². The minimum atomic E-state index is -0.799. The normalized spacial score (nSPS) is 23.9. The minimum absolute atomic E-state index is 0.0156. The minimum Gasteiger partial charge on any atom is -0.368 e. The number of hydrogen-bond donors (Lipinski definition) is 1. The summed E-state index contributed by atoms with van der Waals surface area (Å²) in [6.45, 7) is 6.11. The molecule has 6 nitrogen and oxygen atoms in total. The quantitative estimate of drug-likeness (QED) is 0.815. The van der Waals surface area contributed by atoms with Gasteiger partial charge in [0.2, 0.25) is 17.7 Å². The summed E-state index contributed by atoms with van der Waals surface area (Å²) in [6.07, 6.45) is 2.31. The predicted molar refractivity (Wildman–Crippen MR) is 73.3 cm³/mol. The molecule has 20 heavy (non-hydrogen) atoms. The molecule has 1 unspecified atom stereocenters. The number of nitrogens with zero attached hydrogens (tertiary/aromatic N) is 2. The Kier molecular flexibility index (Phi) is 3.75. The molecule has 6 heteroatoms. The van der Waals surface area contributed by atoms with Crippen molar-refractivity contribution in [3.8, 4) is 0 Å². The predicted octanol–water partition coefficient (Wildman–Crippen LogP) is 0.457. The summed E-state index contributed by atoms with van der Waals surface area (Å²) in [5.74, 6) is -0.786. The van der Waals surface area contributed by atoms with Crippen molar-refractivity contribution >= 4 is 17.7 Å². The summed E-state index contributed by atoms with van der Waals surface area (Å²) in [5, 5.41) is 0. The van der Waals surface area contributed by atoms with E-state index in [1.807, 2.05) is 20.8 Å². The fourth-order valence-corrected chi connectivity index (χ4v) is 2.50. The van der Waals surface area contributed by atoms with Crippen LogP contribution in [0.25, 0.3) is 0 Å². The van der Waals surface area contributed by atoms with E-state index in [1.165, 1.54) is 4.90 Å². The first-order valence-corrected chi connectivity index (χ1v) is 7.07. The molecule has 0 spiro atoms. The lowest BCUT2D eigenvalue weighted by molar-refractivity contribution is -0.156. The van der Waals surface area contributed by atoms with Crippen molar-refractivity contribution in [3.05, 3.63) is 0 Å². The molecule has 0 aromatic carbocycles. The van der Waals surface area contributed by atoms with Crippen LogP contribution in [-0.4, -0.2) is 46.3 Å². The van der Waals surface area contributed by atoms with E-state index in [4.69, 9.17) is 5.73 Å². The fourth-order valence-electron chi connectivity index (χ4n) is 2.50. The molecule has 1 aliphatic carbocycles. The Morgan fingerprint density at radius 3 is 2.35 bits per heavy atom. The van der Waals surface area contributed by atoms with Crippen LogP contribution in [0.2, 0.25) is 0 Å². The summed E-state index contributed by atoms with van der Waals surface area (Å²) < 4.78 is 0. The average molecular weight is 281 g/mol. The van der Waals surface area contributed by atoms with Gasteiger partial charge in [0.25, 0.3) is 0 Å². The Bertz CT molecular complexity index is 437. The van der Waals surface area contributed by atoms with Crippen LogP contribution in [0.5, 0.6) is 0 Å². The van der Waals surface area contributed by atoms with E-state index in [1.54, 1.807) is 4.90 Å². The zero-order valence-electron chi connectivity index (χ0n) is 12.4. The van der Waals surface area contributed by atoms with E-state index in [-0.39, 0.29) is 36.4 Å². The third-order valence-electron chi connectivity index (χ3n) is 3.69. The third kappa shape index (κ3) is 3.29. The zero-order valence-corrected chi connectivity index (χ0v) is 12.4. The highest BCUT2D eigenvalue weighted by atomic mass is 16.2. The lowest BCUT2D eigenvalue weighted by Gasteiger charge is -2.41. The lowest BCUT2D eigenvalue weighted by atomic mass is 9.91. The molecule has 1 saturated carbocycles. The first kappa shape index (κ1) is 14.8. The van der Waals surface area contributed by atoms with Crippen molar-refractivity contribution in [1.82, 2.24) is 9.80 Å². The molecule has 1 aliphatic heterocycles. The largest absolute Gasteiger partial charge is 0.368 e. The van der Waals surface area contributed by atoms with Crippen molar-refractivity contribution in [2.75, 3.05) is 6.67 Å². The van der Waals surface area contributed by atoms with Gasteiger partial charge < -0.3 is 15.5 Å². The van der Waals surface area contributed by atoms with E-state index in [0.29, 0.717) is 6.42 Å². The second kappa shape index (κ2) is 5.07. The molecule has 2 rings (SSSR count). The Hall–Kier alpha value is -1.59. The Morgan fingerprint density at radius 2 is 1.90 bits per heavy atom. The molecule has 0 aromatic heterocycles. The van der Waals surface area contributed by atoms with Crippen LogP contribution in [0, 0.1) is 5.41 Å². The van der Waals surface area contributed by atoms with Crippen LogP contribution in [0.1, 0.15) is 46.5 Å². The molecule has 1 heterocycles. The van der Waals surface area contributed by atoms with Crippen LogP contribution >= 0.6 is 0 Å². The van der Waals surface area contributed by atoms with Crippen molar-refractivity contribution in [2.24, 2.45) is 11.1 Å². The second-order valence-electron chi connectivity index (χ2n) is 6.96. The molecule has 2 N–H and O–H groups in total. The molecule has 3 amide bonds. The molecule has 112 valence electrons. The second-order valence-corrected chi connectivity index (χ2v) is 6.96. The van der Waals surface area contributed by atoms with E-state index < -0.39 is 11.9 Å². The average Bonchev–Trinajstić information content (AvgIpc) is 3.09. The van der Waals surface area contributed by atoms with Crippen LogP contribution < -0.4 is 5.73 Å². The molecule has 0 bridgehead atoms. The Balaban J connectivity index is 2.14. The number of hydrogen-bond acceptors (Lipinski definition) is 3. The van der Waals surface area contributed by atoms with Crippen LogP contribution in [0.4, 0.5) is 0 Å². The van der Waals surface area contributed by atoms with Crippen molar-refractivity contribution in [2.45, 2.75) is 58.5 Å². The number of primary amides is 1. The van der Waals surface area contributed by atoms with Gasteiger partial charge in [0.15, 0.2) is 0 Å². The van der Waals surface area contributed by atoms with Gasteiger partial charge >= 0.3 is 0 Å². The maximum Gasteiger partial charge on any atom is 0.240 e. The summed E-state index contributed by atoms with van der Waals surface area (Å²) in [6, 6.07) is -0.561. The topological polar surface area (TPSA) is 83.7 Å². The smallest absolute Gasteiger partial charge is 0.240 e. The summed E-state index contributed by atoms with van der Waals surface area (Å²) in [7, 11) is 0. The molecule has 0 radical (unpaired) electrons. The van der Waals surface area contributed by atoms with E-state index >= 15 is 0 Å². The lowest BCUT2D eigenvalue weighted by Crippen LogP contribution is -2.60. The molecular weight excluding hydrogens is 258 g/mol. The third-order valence-corrected chi connectivity index (χ3v) is 3.69. The molecule has 1 atom stereocenters. The number of amides is 3. The maximum atomic E-state index is 12.4. The summed E-state index contributed by atoms with van der Waals surface area (Å²) >= 11 is 0. The molecule has 2 aliphatic rings. The molecule has 1 saturated heterocycles. The molecule has 0 aromatic rings. The van der Waals surface area contributed by atoms with Crippen LogP contribution in [0.15, 0.2) is 0 Å². The van der Waals surface area contributed by atoms with E-state index in [9.17, 15) is 14.4 Å². The van der Waals surface area contributed by atoms with Gasteiger partial charge in [-0.3, -0.25) is 14.4 Å². The van der Waals surface area contributed by atoms with Crippen LogP contribution in [-0.2, 0) is 14.4 Å².